The van der Waals surface area contributed by atoms with Gasteiger partial charge in [-0.3, -0.25) is 9.79 Å². The van der Waals surface area contributed by atoms with Crippen LogP contribution in [0.15, 0.2) is 29.3 Å². The highest BCUT2D eigenvalue weighted by molar-refractivity contribution is 7.23. The summed E-state index contributed by atoms with van der Waals surface area (Å²) in [6, 6.07) is 8.33. The lowest BCUT2D eigenvalue weighted by atomic mass is 9.60. The summed E-state index contributed by atoms with van der Waals surface area (Å²) in [6.45, 7) is 2.72. The smallest absolute Gasteiger partial charge is 0.188 e. The molecule has 2 heterocycles. The Labute approximate surface area is 193 Å². The van der Waals surface area contributed by atoms with Gasteiger partial charge in [0.25, 0.3) is 0 Å². The molecule has 2 aliphatic rings. The van der Waals surface area contributed by atoms with Crippen LogP contribution in [0, 0.1) is 29.1 Å². The Balaban J connectivity index is 1.50. The molecule has 0 saturated heterocycles. The van der Waals surface area contributed by atoms with Crippen LogP contribution in [-0.4, -0.2) is 25.3 Å². The molecule has 0 amide bonds. The molecular weight excluding hydrogens is 422 g/mol. The number of aliphatic imine (C=N–C) groups is 1. The summed E-state index contributed by atoms with van der Waals surface area (Å²) in [5.41, 5.74) is 6.00. The van der Waals surface area contributed by atoms with Crippen LogP contribution in [0.4, 0.5) is 0 Å². The summed E-state index contributed by atoms with van der Waals surface area (Å²) in [5, 5.41) is 3.25. The number of carbonyl (C=O) groups excluding carboxylic acids is 1. The Kier molecular flexibility index (Phi) is 6.83. The van der Waals surface area contributed by atoms with Gasteiger partial charge in [0.05, 0.1) is 9.75 Å². The number of hydrogen-bond donors (Lipinski definition) is 2. The van der Waals surface area contributed by atoms with E-state index < -0.39 is 0 Å². The van der Waals surface area contributed by atoms with E-state index in [0.717, 1.165) is 35.6 Å². The number of rotatable bonds is 5. The average Bonchev–Trinajstić information content (AvgIpc) is 3.53. The van der Waals surface area contributed by atoms with Gasteiger partial charge in [0.1, 0.15) is 0 Å². The van der Waals surface area contributed by atoms with Gasteiger partial charge >= 0.3 is 0 Å². The molecule has 2 aliphatic carbocycles. The van der Waals surface area contributed by atoms with Crippen LogP contribution in [0.2, 0.25) is 0 Å². The van der Waals surface area contributed by atoms with Gasteiger partial charge in [-0.1, -0.05) is 18.8 Å². The molecule has 0 unspecified atom stereocenters. The van der Waals surface area contributed by atoms with Crippen LogP contribution in [0.25, 0.3) is 9.75 Å². The maximum absolute atomic E-state index is 13.7. The van der Waals surface area contributed by atoms with Crippen molar-refractivity contribution < 1.29 is 4.79 Å². The molecule has 0 radical (unpaired) electrons. The van der Waals surface area contributed by atoms with Crippen molar-refractivity contribution in [3.63, 3.8) is 0 Å². The fourth-order valence-corrected chi connectivity index (χ4v) is 7.51. The van der Waals surface area contributed by atoms with E-state index >= 15 is 0 Å². The van der Waals surface area contributed by atoms with Gasteiger partial charge < -0.3 is 11.1 Å². The molecule has 3 N–H and O–H groups in total. The molecule has 0 aromatic carbocycles. The molecule has 2 aromatic rings. The first-order chi connectivity index (χ1) is 15.0. The van der Waals surface area contributed by atoms with E-state index in [1.165, 1.54) is 35.4 Å². The molecule has 0 aliphatic heterocycles. The molecule has 164 valence electrons. The first-order valence-corrected chi connectivity index (χ1v) is 12.8. The molecule has 6 heteroatoms. The topological polar surface area (TPSA) is 67.5 Å². The van der Waals surface area contributed by atoms with Crippen molar-refractivity contribution in [2.24, 2.45) is 28.0 Å². The van der Waals surface area contributed by atoms with Crippen LogP contribution < -0.4 is 11.1 Å². The van der Waals surface area contributed by atoms with Crippen molar-refractivity contribution in [2.75, 3.05) is 13.6 Å². The van der Waals surface area contributed by atoms with Crippen molar-refractivity contribution in [3.05, 3.63) is 34.0 Å². The van der Waals surface area contributed by atoms with Crippen LogP contribution >= 0.6 is 22.7 Å². The van der Waals surface area contributed by atoms with Crippen molar-refractivity contribution in [1.82, 2.24) is 5.32 Å². The number of thiophene rings is 2. The van der Waals surface area contributed by atoms with Gasteiger partial charge in [-0.15, -0.1) is 28.6 Å². The van der Waals surface area contributed by atoms with Gasteiger partial charge in [0, 0.05) is 29.3 Å². The fraction of sp³-hybridized carbons (Fsp3) is 0.520. The van der Waals surface area contributed by atoms with E-state index in [1.807, 2.05) is 13.0 Å². The van der Waals surface area contributed by atoms with Gasteiger partial charge in [-0.25, -0.2) is 0 Å². The fourth-order valence-electron chi connectivity index (χ4n) is 5.51. The minimum absolute atomic E-state index is 0.153. The summed E-state index contributed by atoms with van der Waals surface area (Å²) >= 11 is 3.35. The minimum Gasteiger partial charge on any atom is -0.370 e. The van der Waals surface area contributed by atoms with Gasteiger partial charge in [0.2, 0.25) is 0 Å². The second kappa shape index (κ2) is 9.58. The average molecular weight is 454 g/mol. The van der Waals surface area contributed by atoms with Crippen molar-refractivity contribution in [1.29, 1.82) is 0 Å². The number of hydrogen-bond acceptors (Lipinski definition) is 4. The first kappa shape index (κ1) is 22.1. The van der Waals surface area contributed by atoms with Crippen LogP contribution in [0.3, 0.4) is 0 Å². The van der Waals surface area contributed by atoms with E-state index in [4.69, 9.17) is 5.73 Å². The third-order valence-corrected chi connectivity index (χ3v) is 9.27. The van der Waals surface area contributed by atoms with E-state index in [-0.39, 0.29) is 11.3 Å². The largest absolute Gasteiger partial charge is 0.370 e. The molecular formula is C25H31N3OS2. The van der Waals surface area contributed by atoms with Crippen molar-refractivity contribution in [3.8, 4) is 21.6 Å². The lowest BCUT2D eigenvalue weighted by Crippen LogP contribution is -2.43. The standard InChI is InChI=1S/C25H31N3OS2/c1-3-6-18-8-10-20(30-18)21-11-12-22(31-21)23(29)19-9-7-17(16-28-24(26)27-2)15-25(19)13-4-5-14-25/h8,10-12,17,19H,4-5,7,9,13-16H2,1-2H3,(H3,26,27,28)/t17-,19-/m0/s1. The lowest BCUT2D eigenvalue weighted by molar-refractivity contribution is 0.0478. The van der Waals surface area contributed by atoms with E-state index in [2.05, 4.69) is 40.3 Å². The maximum atomic E-state index is 13.7. The second-order valence-corrected chi connectivity index (χ2v) is 11.0. The lowest BCUT2D eigenvalue weighted by Gasteiger charge is -2.44. The highest BCUT2D eigenvalue weighted by atomic mass is 32.1. The highest BCUT2D eigenvalue weighted by Gasteiger charge is 2.48. The molecule has 0 bridgehead atoms. The van der Waals surface area contributed by atoms with Crippen molar-refractivity contribution >= 4 is 34.4 Å². The number of nitrogens with zero attached hydrogens (tertiary/aromatic N) is 1. The third kappa shape index (κ3) is 4.73. The number of nitrogens with one attached hydrogen (secondary N) is 1. The van der Waals surface area contributed by atoms with Crippen LogP contribution in [-0.2, 0) is 0 Å². The minimum atomic E-state index is 0.153. The van der Waals surface area contributed by atoms with Gasteiger partial charge in [-0.05, 0) is 74.6 Å². The molecule has 2 saturated carbocycles. The Morgan fingerprint density at radius 2 is 1.94 bits per heavy atom. The van der Waals surface area contributed by atoms with Gasteiger partial charge in [0.15, 0.2) is 11.7 Å². The number of nitrogens with two attached hydrogens (primary N) is 1. The maximum Gasteiger partial charge on any atom is 0.188 e. The SMILES string of the molecule is CC#Cc1ccc(-c2ccc(C(=O)[C@@H]3CC[C@H](CNC(N)=NC)CC34CCCC4)s2)s1. The van der Waals surface area contributed by atoms with Crippen LogP contribution in [0.1, 0.15) is 66.4 Å². The predicted octanol–water partition coefficient (Wildman–Crippen LogP) is 5.54. The summed E-state index contributed by atoms with van der Waals surface area (Å²) in [5.74, 6) is 7.66. The summed E-state index contributed by atoms with van der Waals surface area (Å²) in [4.78, 5) is 22.0. The van der Waals surface area contributed by atoms with Gasteiger partial charge in [-0.2, -0.15) is 0 Å². The summed E-state index contributed by atoms with van der Waals surface area (Å²) in [7, 11) is 1.71. The Morgan fingerprint density at radius 3 is 2.68 bits per heavy atom. The highest BCUT2D eigenvalue weighted by Crippen LogP contribution is 2.55. The molecule has 2 aromatic heterocycles. The Morgan fingerprint density at radius 1 is 1.19 bits per heavy atom. The van der Waals surface area contributed by atoms with E-state index in [1.54, 1.807) is 29.7 Å². The Hall–Kier alpha value is -2.10. The van der Waals surface area contributed by atoms with E-state index in [0.29, 0.717) is 17.7 Å². The first-order valence-electron chi connectivity index (χ1n) is 11.2. The monoisotopic (exact) mass is 453 g/mol. The molecule has 2 atom stereocenters. The molecule has 4 rings (SSSR count). The van der Waals surface area contributed by atoms with E-state index in [9.17, 15) is 4.79 Å². The zero-order valence-electron chi connectivity index (χ0n) is 18.4. The van der Waals surface area contributed by atoms with Crippen LogP contribution in [0.5, 0.6) is 0 Å². The number of Topliss-reactive ketones (excluding diaryl/α,β-unsaturated/α-hetero) is 1. The number of ketones is 1. The molecule has 1 spiro atoms. The van der Waals surface area contributed by atoms with Crippen molar-refractivity contribution in [2.45, 2.75) is 51.9 Å². The summed E-state index contributed by atoms with van der Waals surface area (Å²) < 4.78 is 0. The predicted molar refractivity (Wildman–Crippen MR) is 132 cm³/mol. The second-order valence-electron chi connectivity index (χ2n) is 8.83. The number of carbonyl (C=O) groups is 1. The molecule has 31 heavy (non-hydrogen) atoms. The quantitative estimate of drug-likeness (QED) is 0.270. The Bertz CT molecular complexity index is 1020. The zero-order valence-corrected chi connectivity index (χ0v) is 20.0. The third-order valence-electron chi connectivity index (χ3n) is 6.97. The number of guanidine groups is 1. The molecule has 4 nitrogen and oxygen atoms in total. The summed E-state index contributed by atoms with van der Waals surface area (Å²) in [6.07, 6.45) is 8.03. The normalized spacial score (nSPS) is 22.8. The zero-order chi connectivity index (χ0) is 21.8. The molecule has 2 fully saturated rings.